The molecule has 0 spiro atoms. The Morgan fingerprint density at radius 3 is 3.05 bits per heavy atom. The van der Waals surface area contributed by atoms with Crippen molar-refractivity contribution in [2.75, 3.05) is 6.61 Å². The Kier molecular flexibility index (Phi) is 3.08. The van der Waals surface area contributed by atoms with Crippen molar-refractivity contribution in [2.45, 2.75) is 6.92 Å². The summed E-state index contributed by atoms with van der Waals surface area (Å²) in [4.78, 5) is 22.7. The summed E-state index contributed by atoms with van der Waals surface area (Å²) in [5.41, 5.74) is 1.77. The zero-order chi connectivity index (χ0) is 13.9. The third-order valence-electron chi connectivity index (χ3n) is 2.63. The third kappa shape index (κ3) is 2.33. The maximum Gasteiger partial charge on any atom is 0.515 e. The van der Waals surface area contributed by atoms with Gasteiger partial charge in [-0.05, 0) is 19.1 Å². The van der Waals surface area contributed by atoms with Crippen LogP contribution in [0.5, 0.6) is 5.88 Å². The van der Waals surface area contributed by atoms with Gasteiger partial charge in [-0.25, -0.2) is 14.8 Å². The molecule has 7 nitrogen and oxygen atoms in total. The van der Waals surface area contributed by atoms with Gasteiger partial charge in [0, 0.05) is 0 Å². The molecule has 0 radical (unpaired) electrons. The molecule has 0 aliphatic rings. The molecule has 0 unspecified atom stereocenters. The molecule has 0 amide bonds. The molecule has 0 fully saturated rings. The minimum absolute atomic E-state index is 0.156. The van der Waals surface area contributed by atoms with E-state index in [0.29, 0.717) is 5.95 Å². The topological polar surface area (TPSA) is 82.0 Å². The number of aromatic nitrogens is 4. The number of imidazole rings is 2. The summed E-state index contributed by atoms with van der Waals surface area (Å²) in [5, 5.41) is 0. The number of nitrogens with zero attached hydrogens (tertiary/aromatic N) is 3. The van der Waals surface area contributed by atoms with E-state index in [1.165, 1.54) is 6.33 Å². The van der Waals surface area contributed by atoms with Crippen LogP contribution in [-0.4, -0.2) is 32.3 Å². The van der Waals surface area contributed by atoms with Gasteiger partial charge in [0.15, 0.2) is 0 Å². The Morgan fingerprint density at radius 1 is 1.40 bits per heavy atom. The van der Waals surface area contributed by atoms with Crippen LogP contribution in [0, 0.1) is 0 Å². The Bertz CT molecular complexity index is 714. The van der Waals surface area contributed by atoms with E-state index in [9.17, 15) is 4.79 Å². The zero-order valence-electron chi connectivity index (χ0n) is 10.7. The molecule has 102 valence electrons. The molecule has 7 heteroatoms. The predicted octanol–water partition coefficient (Wildman–Crippen LogP) is 2.28. The highest BCUT2D eigenvalue weighted by Gasteiger charge is 2.10. The number of aromatic amines is 1. The maximum atomic E-state index is 11.2. The molecular weight excluding hydrogens is 260 g/mol. The number of carbonyl (C=O) groups is 1. The Balaban J connectivity index is 1.84. The summed E-state index contributed by atoms with van der Waals surface area (Å²) in [7, 11) is 0. The van der Waals surface area contributed by atoms with Gasteiger partial charge in [0.05, 0.1) is 23.8 Å². The second-order valence-corrected chi connectivity index (χ2v) is 3.98. The molecule has 0 aliphatic heterocycles. The number of nitrogens with one attached hydrogen (secondary N) is 1. The van der Waals surface area contributed by atoms with E-state index in [1.807, 2.05) is 24.3 Å². The van der Waals surface area contributed by atoms with Crippen LogP contribution in [0.1, 0.15) is 6.92 Å². The summed E-state index contributed by atoms with van der Waals surface area (Å²) >= 11 is 0. The van der Waals surface area contributed by atoms with Gasteiger partial charge >= 0.3 is 6.16 Å². The summed E-state index contributed by atoms with van der Waals surface area (Å²) in [6.45, 7) is 1.96. The quantitative estimate of drug-likeness (QED) is 0.740. The molecule has 1 N–H and O–H groups in total. The Morgan fingerprint density at radius 2 is 2.25 bits per heavy atom. The lowest BCUT2D eigenvalue weighted by Crippen LogP contribution is -2.10. The molecule has 0 atom stereocenters. The molecule has 2 heterocycles. The summed E-state index contributed by atoms with van der Waals surface area (Å²) in [6, 6.07) is 7.67. The number of hydrogen-bond donors (Lipinski definition) is 1. The first-order valence-corrected chi connectivity index (χ1v) is 6.10. The second-order valence-electron chi connectivity index (χ2n) is 3.98. The first-order chi connectivity index (χ1) is 9.76. The van der Waals surface area contributed by atoms with E-state index >= 15 is 0 Å². The monoisotopic (exact) mass is 272 g/mol. The standard InChI is InChI=1S/C13H12N4O3/c1-2-19-13(18)20-11-7-17(8-14-11)12-15-9-5-3-4-6-10(9)16-12/h3-8H,2H2,1H3,(H,15,16). The van der Waals surface area contributed by atoms with Crippen LogP contribution in [0.4, 0.5) is 4.79 Å². The molecular formula is C13H12N4O3. The normalized spacial score (nSPS) is 10.7. The van der Waals surface area contributed by atoms with Gasteiger partial charge < -0.3 is 14.5 Å². The smallest absolute Gasteiger partial charge is 0.434 e. The van der Waals surface area contributed by atoms with E-state index in [-0.39, 0.29) is 12.5 Å². The van der Waals surface area contributed by atoms with Crippen molar-refractivity contribution >= 4 is 17.2 Å². The highest BCUT2D eigenvalue weighted by Crippen LogP contribution is 2.15. The Hall–Kier alpha value is -2.83. The lowest BCUT2D eigenvalue weighted by molar-refractivity contribution is 0.103. The van der Waals surface area contributed by atoms with Crippen LogP contribution in [-0.2, 0) is 4.74 Å². The van der Waals surface area contributed by atoms with Crippen LogP contribution < -0.4 is 4.74 Å². The van der Waals surface area contributed by atoms with Gasteiger partial charge in [-0.2, -0.15) is 0 Å². The molecule has 1 aromatic carbocycles. The van der Waals surface area contributed by atoms with E-state index in [4.69, 9.17) is 4.74 Å². The van der Waals surface area contributed by atoms with E-state index in [1.54, 1.807) is 17.7 Å². The Labute approximate surface area is 114 Å². The van der Waals surface area contributed by atoms with Gasteiger partial charge in [-0.15, -0.1) is 0 Å². The average Bonchev–Trinajstić information content (AvgIpc) is 3.04. The van der Waals surface area contributed by atoms with Crippen LogP contribution in [0.2, 0.25) is 0 Å². The van der Waals surface area contributed by atoms with E-state index < -0.39 is 6.16 Å². The van der Waals surface area contributed by atoms with Gasteiger partial charge in [0.2, 0.25) is 11.8 Å². The zero-order valence-corrected chi connectivity index (χ0v) is 10.7. The predicted molar refractivity (Wildman–Crippen MR) is 70.9 cm³/mol. The van der Waals surface area contributed by atoms with Gasteiger partial charge in [0.1, 0.15) is 6.33 Å². The van der Waals surface area contributed by atoms with Crippen molar-refractivity contribution in [3.63, 3.8) is 0 Å². The molecule has 0 aliphatic carbocycles. The highest BCUT2D eigenvalue weighted by molar-refractivity contribution is 5.76. The fraction of sp³-hybridized carbons (Fsp3) is 0.154. The lowest BCUT2D eigenvalue weighted by atomic mass is 10.3. The van der Waals surface area contributed by atoms with Crippen LogP contribution in [0.25, 0.3) is 17.0 Å². The summed E-state index contributed by atoms with van der Waals surface area (Å²) < 4.78 is 11.2. The highest BCUT2D eigenvalue weighted by atomic mass is 16.7. The van der Waals surface area contributed by atoms with Crippen molar-refractivity contribution in [2.24, 2.45) is 0 Å². The molecule has 0 saturated carbocycles. The molecule has 3 rings (SSSR count). The molecule has 3 aromatic rings. The number of para-hydroxylation sites is 2. The van der Waals surface area contributed by atoms with Crippen LogP contribution >= 0.6 is 0 Å². The number of carbonyl (C=O) groups excluding carboxylic acids is 1. The summed E-state index contributed by atoms with van der Waals surface area (Å²) in [5.74, 6) is 0.751. The van der Waals surface area contributed by atoms with Crippen molar-refractivity contribution in [3.05, 3.63) is 36.8 Å². The molecule has 0 saturated heterocycles. The largest absolute Gasteiger partial charge is 0.515 e. The number of benzene rings is 1. The van der Waals surface area contributed by atoms with Crippen molar-refractivity contribution in [3.8, 4) is 11.8 Å². The van der Waals surface area contributed by atoms with Crippen LogP contribution in [0.3, 0.4) is 0 Å². The molecule has 0 bridgehead atoms. The SMILES string of the molecule is CCOC(=O)Oc1cn(-c2nc3ccccc3[nH]2)cn1. The summed E-state index contributed by atoms with van der Waals surface area (Å²) in [6.07, 6.45) is 2.28. The second kappa shape index (κ2) is 5.04. The van der Waals surface area contributed by atoms with Gasteiger partial charge in [0.25, 0.3) is 0 Å². The van der Waals surface area contributed by atoms with Gasteiger partial charge in [-0.1, -0.05) is 12.1 Å². The lowest BCUT2D eigenvalue weighted by Gasteiger charge is -1.99. The van der Waals surface area contributed by atoms with Crippen molar-refractivity contribution in [1.29, 1.82) is 0 Å². The van der Waals surface area contributed by atoms with Crippen molar-refractivity contribution in [1.82, 2.24) is 19.5 Å². The fourth-order valence-electron chi connectivity index (χ4n) is 1.77. The number of rotatable bonds is 3. The van der Waals surface area contributed by atoms with Gasteiger partial charge in [-0.3, -0.25) is 4.57 Å². The minimum Gasteiger partial charge on any atom is -0.434 e. The number of fused-ring (bicyclic) bond motifs is 1. The molecule has 20 heavy (non-hydrogen) atoms. The average molecular weight is 272 g/mol. The third-order valence-corrected chi connectivity index (χ3v) is 2.63. The number of hydrogen-bond acceptors (Lipinski definition) is 5. The van der Waals surface area contributed by atoms with Crippen LogP contribution in [0.15, 0.2) is 36.8 Å². The fourth-order valence-corrected chi connectivity index (χ4v) is 1.77. The maximum absolute atomic E-state index is 11.2. The first-order valence-electron chi connectivity index (χ1n) is 6.10. The number of ether oxygens (including phenoxy) is 2. The van der Waals surface area contributed by atoms with E-state index in [2.05, 4.69) is 19.7 Å². The first kappa shape index (κ1) is 12.2. The molecule has 2 aromatic heterocycles. The van der Waals surface area contributed by atoms with E-state index in [0.717, 1.165) is 11.0 Å². The van der Waals surface area contributed by atoms with Crippen molar-refractivity contribution < 1.29 is 14.3 Å². The number of H-pyrrole nitrogens is 1. The minimum atomic E-state index is -0.776.